The van der Waals surface area contributed by atoms with E-state index < -0.39 is 28.2 Å². The largest absolute Gasteiger partial charge is 0.481 e. The zero-order valence-electron chi connectivity index (χ0n) is 8.85. The average molecular weight is 248 g/mol. The Balaban J connectivity index is 2.73. The van der Waals surface area contributed by atoms with Gasteiger partial charge in [-0.3, -0.25) is 9.52 Å². The molecule has 8 heteroatoms. The number of nitrogens with zero attached hydrogens (tertiary/aromatic N) is 1. The van der Waals surface area contributed by atoms with Gasteiger partial charge >= 0.3 is 5.97 Å². The molecule has 0 aromatic carbocycles. The van der Waals surface area contributed by atoms with Gasteiger partial charge in [-0.05, 0) is 13.8 Å². The summed E-state index contributed by atoms with van der Waals surface area (Å²) in [5.74, 6) is -1.64. The molecule has 1 rings (SSSR count). The zero-order chi connectivity index (χ0) is 12.3. The third-order valence-electron chi connectivity index (χ3n) is 1.99. The van der Waals surface area contributed by atoms with Crippen LogP contribution in [-0.4, -0.2) is 30.4 Å². The molecule has 0 saturated carbocycles. The number of hydrogen-bond acceptors (Lipinski definition) is 5. The zero-order valence-corrected chi connectivity index (χ0v) is 9.67. The van der Waals surface area contributed by atoms with Gasteiger partial charge in [-0.25, -0.2) is 8.42 Å². The molecule has 2 N–H and O–H groups in total. The molecule has 0 aliphatic heterocycles. The van der Waals surface area contributed by atoms with E-state index >= 15 is 0 Å². The second kappa shape index (κ2) is 4.52. The fourth-order valence-corrected chi connectivity index (χ4v) is 1.94. The molecule has 0 atom stereocenters. The lowest BCUT2D eigenvalue weighted by Crippen LogP contribution is -2.19. The fraction of sp³-hybridized carbons (Fsp3) is 0.500. The summed E-state index contributed by atoms with van der Waals surface area (Å²) in [7, 11) is -3.70. The van der Waals surface area contributed by atoms with Crippen LogP contribution >= 0.6 is 0 Å². The van der Waals surface area contributed by atoms with Crippen LogP contribution in [0, 0.1) is 13.8 Å². The summed E-state index contributed by atoms with van der Waals surface area (Å²) in [5, 5.41) is 12.0. The SMILES string of the molecule is Cc1noc(NS(=O)(=O)CCC(=O)O)c1C. The Labute approximate surface area is 92.5 Å². The van der Waals surface area contributed by atoms with Crippen LogP contribution in [-0.2, 0) is 14.8 Å². The van der Waals surface area contributed by atoms with E-state index in [0.29, 0.717) is 11.3 Å². The molecule has 1 heterocycles. The normalized spacial score (nSPS) is 11.4. The summed E-state index contributed by atoms with van der Waals surface area (Å²) in [5.41, 5.74) is 1.16. The number of hydrogen-bond donors (Lipinski definition) is 2. The Kier molecular flexibility index (Phi) is 3.53. The van der Waals surface area contributed by atoms with E-state index in [2.05, 4.69) is 9.88 Å². The Morgan fingerprint density at radius 1 is 1.50 bits per heavy atom. The van der Waals surface area contributed by atoms with E-state index in [-0.39, 0.29) is 5.88 Å². The lowest BCUT2D eigenvalue weighted by molar-refractivity contribution is -0.136. The molecular weight excluding hydrogens is 236 g/mol. The predicted octanol–water partition coefficient (Wildman–Crippen LogP) is 0.508. The number of sulfonamides is 1. The van der Waals surface area contributed by atoms with Gasteiger partial charge in [-0.15, -0.1) is 0 Å². The molecule has 0 saturated heterocycles. The molecular formula is C8H12N2O5S. The lowest BCUT2D eigenvalue weighted by Gasteiger charge is -2.03. The molecule has 1 aromatic heterocycles. The molecule has 0 radical (unpaired) electrons. The summed E-state index contributed by atoms with van der Waals surface area (Å²) in [4.78, 5) is 10.2. The molecule has 1 aromatic rings. The highest BCUT2D eigenvalue weighted by atomic mass is 32.2. The maximum atomic E-state index is 11.4. The third-order valence-corrected chi connectivity index (χ3v) is 3.23. The minimum absolute atomic E-state index is 0.0305. The van der Waals surface area contributed by atoms with E-state index in [1.807, 2.05) is 0 Å². The van der Waals surface area contributed by atoms with Gasteiger partial charge in [-0.1, -0.05) is 5.16 Å². The minimum Gasteiger partial charge on any atom is -0.481 e. The van der Waals surface area contributed by atoms with Gasteiger partial charge in [0.15, 0.2) is 0 Å². The number of carboxylic acid groups (broad SMARTS) is 1. The number of rotatable bonds is 5. The van der Waals surface area contributed by atoms with Crippen molar-refractivity contribution in [2.45, 2.75) is 20.3 Å². The van der Waals surface area contributed by atoms with Crippen LogP contribution in [0.2, 0.25) is 0 Å². The molecule has 0 amide bonds. The van der Waals surface area contributed by atoms with Gasteiger partial charge in [0.2, 0.25) is 15.9 Å². The lowest BCUT2D eigenvalue weighted by atomic mass is 10.3. The third kappa shape index (κ3) is 3.23. The fourth-order valence-electron chi connectivity index (χ4n) is 0.924. The summed E-state index contributed by atoms with van der Waals surface area (Å²) in [6, 6.07) is 0. The monoisotopic (exact) mass is 248 g/mol. The van der Waals surface area contributed by atoms with Crippen LogP contribution in [0.1, 0.15) is 17.7 Å². The van der Waals surface area contributed by atoms with Gasteiger partial charge < -0.3 is 9.63 Å². The van der Waals surface area contributed by atoms with Gasteiger partial charge in [0.1, 0.15) is 0 Å². The number of anilines is 1. The van der Waals surface area contributed by atoms with Crippen LogP contribution in [0.4, 0.5) is 5.88 Å². The van der Waals surface area contributed by atoms with Gasteiger partial charge in [0.05, 0.1) is 17.9 Å². The highest BCUT2D eigenvalue weighted by Gasteiger charge is 2.17. The number of aliphatic carboxylic acids is 1. The van der Waals surface area contributed by atoms with Crippen molar-refractivity contribution < 1.29 is 22.8 Å². The smallest absolute Gasteiger partial charge is 0.304 e. The first-order chi connectivity index (χ1) is 7.32. The van der Waals surface area contributed by atoms with Crippen molar-refractivity contribution in [3.63, 3.8) is 0 Å². The summed E-state index contributed by atoms with van der Waals surface area (Å²) < 4.78 is 29.7. The Morgan fingerprint density at radius 3 is 2.56 bits per heavy atom. The Hall–Kier alpha value is -1.57. The molecule has 0 aliphatic carbocycles. The molecule has 0 aliphatic rings. The van der Waals surface area contributed by atoms with Crippen molar-refractivity contribution in [1.82, 2.24) is 5.16 Å². The highest BCUT2D eigenvalue weighted by molar-refractivity contribution is 7.92. The van der Waals surface area contributed by atoms with E-state index in [0.717, 1.165) is 0 Å². The van der Waals surface area contributed by atoms with E-state index in [1.165, 1.54) is 0 Å². The topological polar surface area (TPSA) is 110 Å². The molecule has 90 valence electrons. The van der Waals surface area contributed by atoms with Crippen molar-refractivity contribution in [3.8, 4) is 0 Å². The molecule has 0 bridgehead atoms. The van der Waals surface area contributed by atoms with Gasteiger partial charge in [0.25, 0.3) is 0 Å². The van der Waals surface area contributed by atoms with Crippen molar-refractivity contribution in [2.75, 3.05) is 10.5 Å². The van der Waals surface area contributed by atoms with Crippen molar-refractivity contribution in [1.29, 1.82) is 0 Å². The Morgan fingerprint density at radius 2 is 2.12 bits per heavy atom. The van der Waals surface area contributed by atoms with Gasteiger partial charge in [-0.2, -0.15) is 0 Å². The second-order valence-corrected chi connectivity index (χ2v) is 5.13. The van der Waals surface area contributed by atoms with Crippen molar-refractivity contribution >= 4 is 21.9 Å². The first-order valence-corrected chi connectivity index (χ1v) is 6.12. The summed E-state index contributed by atoms with van der Waals surface area (Å²) in [6.07, 6.45) is -0.457. The predicted molar refractivity (Wildman–Crippen MR) is 55.6 cm³/mol. The van der Waals surface area contributed by atoms with Crippen LogP contribution < -0.4 is 4.72 Å². The van der Waals surface area contributed by atoms with Crippen LogP contribution in [0.25, 0.3) is 0 Å². The quantitative estimate of drug-likeness (QED) is 0.785. The maximum absolute atomic E-state index is 11.4. The minimum atomic E-state index is -3.70. The highest BCUT2D eigenvalue weighted by Crippen LogP contribution is 2.18. The van der Waals surface area contributed by atoms with E-state index in [4.69, 9.17) is 9.63 Å². The van der Waals surface area contributed by atoms with Crippen molar-refractivity contribution in [2.24, 2.45) is 0 Å². The number of carbonyl (C=O) groups is 1. The number of carboxylic acids is 1. The molecule has 0 spiro atoms. The first kappa shape index (κ1) is 12.5. The number of aryl methyl sites for hydroxylation is 1. The average Bonchev–Trinajstić information content (AvgIpc) is 2.46. The van der Waals surface area contributed by atoms with Crippen molar-refractivity contribution in [3.05, 3.63) is 11.3 Å². The van der Waals surface area contributed by atoms with E-state index in [1.54, 1.807) is 13.8 Å². The number of aromatic nitrogens is 1. The Bertz CT molecular complexity index is 491. The summed E-state index contributed by atoms with van der Waals surface area (Å²) in [6.45, 7) is 3.33. The standard InChI is InChI=1S/C8H12N2O5S/c1-5-6(2)9-15-8(5)10-16(13,14)4-3-7(11)12/h10H,3-4H2,1-2H3,(H,11,12). The summed E-state index contributed by atoms with van der Waals surface area (Å²) >= 11 is 0. The molecule has 0 fully saturated rings. The van der Waals surface area contributed by atoms with E-state index in [9.17, 15) is 13.2 Å². The first-order valence-electron chi connectivity index (χ1n) is 4.47. The van der Waals surface area contributed by atoms with Crippen LogP contribution in [0.5, 0.6) is 0 Å². The maximum Gasteiger partial charge on any atom is 0.304 e. The number of nitrogens with one attached hydrogen (secondary N) is 1. The second-order valence-electron chi connectivity index (χ2n) is 3.29. The molecule has 0 unspecified atom stereocenters. The molecule has 16 heavy (non-hydrogen) atoms. The van der Waals surface area contributed by atoms with Gasteiger partial charge in [0, 0.05) is 5.56 Å². The van der Waals surface area contributed by atoms with Crippen LogP contribution in [0.15, 0.2) is 4.52 Å². The van der Waals surface area contributed by atoms with Crippen LogP contribution in [0.3, 0.4) is 0 Å². The molecule has 7 nitrogen and oxygen atoms in total.